The summed E-state index contributed by atoms with van der Waals surface area (Å²) < 4.78 is 3.41. The van der Waals surface area contributed by atoms with Gasteiger partial charge in [-0.15, -0.1) is 0 Å². The summed E-state index contributed by atoms with van der Waals surface area (Å²) >= 11 is 1.54. The van der Waals surface area contributed by atoms with Gasteiger partial charge in [-0.25, -0.2) is 9.67 Å². The normalized spacial score (nSPS) is 15.5. The van der Waals surface area contributed by atoms with E-state index in [4.69, 9.17) is 4.98 Å². The Labute approximate surface area is 180 Å². The van der Waals surface area contributed by atoms with E-state index in [-0.39, 0.29) is 17.5 Å². The van der Waals surface area contributed by atoms with Crippen molar-refractivity contribution < 1.29 is 4.79 Å². The lowest BCUT2D eigenvalue weighted by Crippen LogP contribution is -2.35. The first kappa shape index (κ1) is 20.7. The van der Waals surface area contributed by atoms with E-state index in [0.29, 0.717) is 28.4 Å². The molecule has 0 saturated heterocycles. The van der Waals surface area contributed by atoms with Crippen molar-refractivity contribution in [1.82, 2.24) is 24.2 Å². The molecule has 1 aliphatic heterocycles. The SMILES string of the molecule is CCCN(CCC)C(=O)CC1CSc2nc3c(cnn3-c3cccc(C)c3)c(=O)n21. The number of fused-ring (bicyclic) bond motifs is 2. The van der Waals surface area contributed by atoms with Gasteiger partial charge in [0.25, 0.3) is 5.56 Å². The lowest BCUT2D eigenvalue weighted by molar-refractivity contribution is -0.132. The van der Waals surface area contributed by atoms with Crippen LogP contribution in [0.25, 0.3) is 16.7 Å². The van der Waals surface area contributed by atoms with Gasteiger partial charge in [0.2, 0.25) is 5.91 Å². The summed E-state index contributed by atoms with van der Waals surface area (Å²) in [7, 11) is 0. The van der Waals surface area contributed by atoms with Gasteiger partial charge in [0.15, 0.2) is 10.8 Å². The Hall–Kier alpha value is -2.61. The molecule has 1 unspecified atom stereocenters. The summed E-state index contributed by atoms with van der Waals surface area (Å²) in [6.07, 6.45) is 3.78. The van der Waals surface area contributed by atoms with Gasteiger partial charge in [0, 0.05) is 25.3 Å². The maximum absolute atomic E-state index is 13.3. The zero-order valence-electron chi connectivity index (χ0n) is 17.7. The smallest absolute Gasteiger partial charge is 0.265 e. The van der Waals surface area contributed by atoms with Crippen molar-refractivity contribution in [3.8, 4) is 5.69 Å². The van der Waals surface area contributed by atoms with Crippen LogP contribution in [-0.4, -0.2) is 49.0 Å². The Morgan fingerprint density at radius 3 is 2.73 bits per heavy atom. The maximum atomic E-state index is 13.3. The van der Waals surface area contributed by atoms with E-state index < -0.39 is 0 Å². The second-order valence-electron chi connectivity index (χ2n) is 7.75. The number of carbonyl (C=O) groups excluding carboxylic acids is 1. The third kappa shape index (κ3) is 3.76. The largest absolute Gasteiger partial charge is 0.343 e. The highest BCUT2D eigenvalue weighted by molar-refractivity contribution is 7.99. The van der Waals surface area contributed by atoms with E-state index in [1.54, 1.807) is 15.4 Å². The molecule has 7 nitrogen and oxygen atoms in total. The van der Waals surface area contributed by atoms with Gasteiger partial charge < -0.3 is 4.90 Å². The minimum Gasteiger partial charge on any atom is -0.343 e. The highest BCUT2D eigenvalue weighted by Gasteiger charge is 2.30. The fourth-order valence-electron chi connectivity index (χ4n) is 3.96. The number of hydrogen-bond acceptors (Lipinski definition) is 5. The molecule has 1 aliphatic rings. The number of benzene rings is 1. The summed E-state index contributed by atoms with van der Waals surface area (Å²) in [5.41, 5.74) is 2.45. The number of nitrogens with zero attached hydrogens (tertiary/aromatic N) is 5. The molecule has 1 amide bonds. The molecule has 2 aromatic heterocycles. The third-order valence-electron chi connectivity index (χ3n) is 5.37. The predicted octanol–water partition coefficient (Wildman–Crippen LogP) is 3.58. The van der Waals surface area contributed by atoms with Crippen molar-refractivity contribution in [2.24, 2.45) is 0 Å². The number of carbonyl (C=O) groups is 1. The van der Waals surface area contributed by atoms with Crippen LogP contribution in [0.4, 0.5) is 0 Å². The summed E-state index contributed by atoms with van der Waals surface area (Å²) in [5, 5.41) is 5.58. The molecule has 1 aromatic carbocycles. The lowest BCUT2D eigenvalue weighted by Gasteiger charge is -2.23. The quantitative estimate of drug-likeness (QED) is 0.541. The highest BCUT2D eigenvalue weighted by atomic mass is 32.2. The van der Waals surface area contributed by atoms with Crippen LogP contribution in [0.2, 0.25) is 0 Å². The average molecular weight is 426 g/mol. The molecule has 0 radical (unpaired) electrons. The second kappa shape index (κ2) is 8.63. The van der Waals surface area contributed by atoms with Crippen LogP contribution in [0.15, 0.2) is 40.4 Å². The molecular weight excluding hydrogens is 398 g/mol. The monoisotopic (exact) mass is 425 g/mol. The molecule has 0 fully saturated rings. The summed E-state index contributed by atoms with van der Waals surface area (Å²) in [4.78, 5) is 32.8. The van der Waals surface area contributed by atoms with Crippen molar-refractivity contribution in [3.63, 3.8) is 0 Å². The highest BCUT2D eigenvalue weighted by Crippen LogP contribution is 2.33. The van der Waals surface area contributed by atoms with Crippen LogP contribution in [0.3, 0.4) is 0 Å². The molecule has 3 aromatic rings. The summed E-state index contributed by atoms with van der Waals surface area (Å²) in [6, 6.07) is 7.79. The lowest BCUT2D eigenvalue weighted by atomic mass is 10.2. The molecule has 0 aliphatic carbocycles. The standard InChI is InChI=1S/C22H27N5O2S/c1-4-9-25(10-5-2)19(28)12-17-14-30-22-24-20-18(21(29)26(17)22)13-23-27(20)16-8-6-7-15(3)11-16/h6-8,11,13,17H,4-5,9-10,12,14H2,1-3H3. The fourth-order valence-corrected chi connectivity index (χ4v) is 5.09. The van der Waals surface area contributed by atoms with Crippen molar-refractivity contribution in [3.05, 3.63) is 46.4 Å². The molecule has 30 heavy (non-hydrogen) atoms. The van der Waals surface area contributed by atoms with E-state index in [1.165, 1.54) is 11.8 Å². The molecule has 0 bridgehead atoms. The Kier molecular flexibility index (Phi) is 5.94. The predicted molar refractivity (Wildman–Crippen MR) is 119 cm³/mol. The van der Waals surface area contributed by atoms with Crippen LogP contribution in [-0.2, 0) is 4.79 Å². The van der Waals surface area contributed by atoms with E-state index in [0.717, 1.165) is 37.2 Å². The number of thioether (sulfide) groups is 1. The molecule has 4 rings (SSSR count). The Morgan fingerprint density at radius 2 is 2.03 bits per heavy atom. The first-order chi connectivity index (χ1) is 14.5. The third-order valence-corrected chi connectivity index (χ3v) is 6.46. The van der Waals surface area contributed by atoms with Crippen molar-refractivity contribution in [1.29, 1.82) is 0 Å². The number of aryl methyl sites for hydroxylation is 1. The average Bonchev–Trinajstić information content (AvgIpc) is 3.33. The summed E-state index contributed by atoms with van der Waals surface area (Å²) in [6.45, 7) is 7.69. The Morgan fingerprint density at radius 1 is 1.27 bits per heavy atom. The number of hydrogen-bond donors (Lipinski definition) is 0. The van der Waals surface area contributed by atoms with Crippen LogP contribution < -0.4 is 5.56 Å². The van der Waals surface area contributed by atoms with Gasteiger partial charge in [-0.1, -0.05) is 37.7 Å². The minimum atomic E-state index is -0.166. The van der Waals surface area contributed by atoms with Gasteiger partial charge in [-0.2, -0.15) is 5.10 Å². The first-order valence-corrected chi connectivity index (χ1v) is 11.5. The van der Waals surface area contributed by atoms with E-state index in [2.05, 4.69) is 18.9 Å². The number of amides is 1. The molecule has 0 spiro atoms. The van der Waals surface area contributed by atoms with Gasteiger partial charge in [0.1, 0.15) is 5.39 Å². The Balaban J connectivity index is 1.68. The van der Waals surface area contributed by atoms with E-state index in [9.17, 15) is 9.59 Å². The van der Waals surface area contributed by atoms with Crippen LogP contribution in [0, 0.1) is 6.92 Å². The molecule has 3 heterocycles. The zero-order chi connectivity index (χ0) is 21.3. The molecule has 0 N–H and O–H groups in total. The molecular formula is C22H27N5O2S. The number of rotatable bonds is 7. The zero-order valence-corrected chi connectivity index (χ0v) is 18.5. The Bertz CT molecular complexity index is 1130. The molecule has 1 atom stereocenters. The van der Waals surface area contributed by atoms with Crippen LogP contribution in [0.1, 0.15) is 44.7 Å². The first-order valence-electron chi connectivity index (χ1n) is 10.5. The van der Waals surface area contributed by atoms with Gasteiger partial charge in [-0.3, -0.25) is 14.2 Å². The van der Waals surface area contributed by atoms with Gasteiger partial charge >= 0.3 is 0 Å². The van der Waals surface area contributed by atoms with Crippen molar-refractivity contribution in [2.45, 2.75) is 51.2 Å². The maximum Gasteiger partial charge on any atom is 0.265 e. The summed E-state index contributed by atoms with van der Waals surface area (Å²) in [5.74, 6) is 0.796. The van der Waals surface area contributed by atoms with Crippen LogP contribution >= 0.6 is 11.8 Å². The van der Waals surface area contributed by atoms with Gasteiger partial charge in [-0.05, 0) is 37.5 Å². The van der Waals surface area contributed by atoms with E-state index in [1.807, 2.05) is 36.1 Å². The molecule has 0 saturated carbocycles. The topological polar surface area (TPSA) is 73.0 Å². The van der Waals surface area contributed by atoms with Crippen molar-refractivity contribution >= 4 is 28.7 Å². The molecule has 8 heteroatoms. The second-order valence-corrected chi connectivity index (χ2v) is 8.74. The fraction of sp³-hybridized carbons (Fsp3) is 0.455. The van der Waals surface area contributed by atoms with Gasteiger partial charge in [0.05, 0.1) is 17.9 Å². The van der Waals surface area contributed by atoms with E-state index >= 15 is 0 Å². The minimum absolute atomic E-state index is 0.111. The van der Waals surface area contributed by atoms with Crippen LogP contribution in [0.5, 0.6) is 0 Å². The van der Waals surface area contributed by atoms with Crippen molar-refractivity contribution in [2.75, 3.05) is 18.8 Å². The molecule has 158 valence electrons. The number of aromatic nitrogens is 4.